The molecule has 3 rings (SSSR count). The Balaban J connectivity index is 1.52. The number of unbranched alkanes of at least 4 members (excludes halogenated alkanes) is 1. The van der Waals surface area contributed by atoms with Crippen LogP contribution in [0.25, 0.3) is 0 Å². The summed E-state index contributed by atoms with van der Waals surface area (Å²) in [4.78, 5) is 17.0. The van der Waals surface area contributed by atoms with Crippen LogP contribution in [-0.2, 0) is 0 Å². The van der Waals surface area contributed by atoms with Crippen LogP contribution in [0.15, 0.2) is 53.0 Å². The normalized spacial score (nSPS) is 13.9. The minimum absolute atomic E-state index is 0.207. The van der Waals surface area contributed by atoms with Crippen molar-refractivity contribution in [1.29, 1.82) is 0 Å². The van der Waals surface area contributed by atoms with E-state index in [0.29, 0.717) is 17.3 Å². The SMILES string of the molecule is CCCCOc1ccc(C(=O)NC(=S)N2CCN(c3ccccc3)CC2)cc1Br. The lowest BCUT2D eigenvalue weighted by Gasteiger charge is -2.37. The Morgan fingerprint density at radius 3 is 2.52 bits per heavy atom. The molecule has 0 aromatic heterocycles. The molecule has 1 amide bonds. The van der Waals surface area contributed by atoms with Crippen LogP contribution in [-0.4, -0.2) is 48.7 Å². The quantitative estimate of drug-likeness (QED) is 0.493. The highest BCUT2D eigenvalue weighted by Gasteiger charge is 2.21. The van der Waals surface area contributed by atoms with Crippen LogP contribution in [0.2, 0.25) is 0 Å². The van der Waals surface area contributed by atoms with Crippen LogP contribution in [0.4, 0.5) is 5.69 Å². The van der Waals surface area contributed by atoms with E-state index in [4.69, 9.17) is 17.0 Å². The van der Waals surface area contributed by atoms with Gasteiger partial charge >= 0.3 is 0 Å². The second-order valence-corrected chi connectivity index (χ2v) is 8.16. The molecule has 1 N–H and O–H groups in total. The molecule has 1 fully saturated rings. The number of piperazine rings is 1. The Morgan fingerprint density at radius 1 is 1.14 bits per heavy atom. The van der Waals surface area contributed by atoms with Gasteiger partial charge in [0.25, 0.3) is 5.91 Å². The van der Waals surface area contributed by atoms with Crippen LogP contribution < -0.4 is 15.0 Å². The first kappa shape index (κ1) is 21.6. The molecule has 0 atom stereocenters. The summed E-state index contributed by atoms with van der Waals surface area (Å²) < 4.78 is 6.48. The van der Waals surface area contributed by atoms with E-state index < -0.39 is 0 Å². The van der Waals surface area contributed by atoms with Crippen molar-refractivity contribution in [3.8, 4) is 5.75 Å². The van der Waals surface area contributed by atoms with E-state index in [-0.39, 0.29) is 5.91 Å². The summed E-state index contributed by atoms with van der Waals surface area (Å²) in [5.41, 5.74) is 1.76. The van der Waals surface area contributed by atoms with Crippen molar-refractivity contribution >= 4 is 44.9 Å². The first-order valence-corrected chi connectivity index (χ1v) is 11.1. The first-order valence-electron chi connectivity index (χ1n) is 9.91. The van der Waals surface area contributed by atoms with Crippen LogP contribution >= 0.6 is 28.1 Å². The van der Waals surface area contributed by atoms with E-state index in [1.165, 1.54) is 5.69 Å². The highest BCUT2D eigenvalue weighted by atomic mass is 79.9. The van der Waals surface area contributed by atoms with Gasteiger partial charge in [0.2, 0.25) is 0 Å². The van der Waals surface area contributed by atoms with Crippen LogP contribution in [0.1, 0.15) is 30.1 Å². The predicted octanol–water partition coefficient (Wildman–Crippen LogP) is 4.46. The lowest BCUT2D eigenvalue weighted by molar-refractivity contribution is 0.0973. The van der Waals surface area contributed by atoms with Crippen molar-refractivity contribution in [2.45, 2.75) is 19.8 Å². The third kappa shape index (κ3) is 5.93. The fraction of sp³-hybridized carbons (Fsp3) is 0.364. The Kier molecular flexibility index (Phi) is 7.89. The zero-order valence-electron chi connectivity index (χ0n) is 16.6. The van der Waals surface area contributed by atoms with Crippen LogP contribution in [0.3, 0.4) is 0 Å². The lowest BCUT2D eigenvalue weighted by atomic mass is 10.2. The van der Waals surface area contributed by atoms with Gasteiger partial charge in [0, 0.05) is 37.4 Å². The van der Waals surface area contributed by atoms with Gasteiger partial charge in [0.15, 0.2) is 5.11 Å². The number of anilines is 1. The molecule has 1 aliphatic heterocycles. The van der Waals surface area contributed by atoms with Gasteiger partial charge in [-0.15, -0.1) is 0 Å². The molecule has 2 aromatic carbocycles. The third-order valence-electron chi connectivity index (χ3n) is 4.86. The molecule has 0 unspecified atom stereocenters. The number of thiocarbonyl (C=S) groups is 1. The maximum absolute atomic E-state index is 12.6. The summed E-state index contributed by atoms with van der Waals surface area (Å²) in [5.74, 6) is 0.538. The number of ether oxygens (including phenoxy) is 1. The van der Waals surface area contributed by atoms with Crippen molar-refractivity contribution in [1.82, 2.24) is 10.2 Å². The smallest absolute Gasteiger partial charge is 0.257 e. The van der Waals surface area contributed by atoms with Crippen LogP contribution in [0.5, 0.6) is 5.75 Å². The van der Waals surface area contributed by atoms with E-state index in [9.17, 15) is 4.79 Å². The van der Waals surface area contributed by atoms with Crippen molar-refractivity contribution in [2.75, 3.05) is 37.7 Å². The molecule has 2 aromatic rings. The van der Waals surface area contributed by atoms with E-state index >= 15 is 0 Å². The molecule has 0 spiro atoms. The number of nitrogens with one attached hydrogen (secondary N) is 1. The van der Waals surface area contributed by atoms with Crippen molar-refractivity contribution < 1.29 is 9.53 Å². The molecule has 1 heterocycles. The lowest BCUT2D eigenvalue weighted by Crippen LogP contribution is -2.52. The molecule has 1 saturated heterocycles. The first-order chi connectivity index (χ1) is 14.1. The summed E-state index contributed by atoms with van der Waals surface area (Å²) in [6, 6.07) is 15.7. The average molecular weight is 476 g/mol. The van der Waals surface area contributed by atoms with Crippen molar-refractivity contribution in [3.05, 3.63) is 58.6 Å². The van der Waals surface area contributed by atoms with E-state index in [1.807, 2.05) is 29.2 Å². The second-order valence-electron chi connectivity index (χ2n) is 6.92. The molecule has 5 nitrogen and oxygen atoms in total. The summed E-state index contributed by atoms with van der Waals surface area (Å²) in [6.07, 6.45) is 2.08. The number of nitrogens with zero attached hydrogens (tertiary/aromatic N) is 2. The maximum atomic E-state index is 12.6. The van der Waals surface area contributed by atoms with E-state index in [2.05, 4.69) is 45.2 Å². The Morgan fingerprint density at radius 2 is 1.86 bits per heavy atom. The Labute approximate surface area is 186 Å². The molecule has 0 radical (unpaired) electrons. The Bertz CT molecular complexity index is 839. The van der Waals surface area contributed by atoms with Gasteiger partial charge in [-0.05, 0) is 64.9 Å². The fourth-order valence-electron chi connectivity index (χ4n) is 3.14. The highest BCUT2D eigenvalue weighted by molar-refractivity contribution is 9.10. The summed E-state index contributed by atoms with van der Waals surface area (Å²) in [6.45, 7) is 6.09. The standard InChI is InChI=1S/C22H26BrN3O2S/c1-2-3-15-28-20-10-9-17(16-19(20)23)21(27)24-22(29)26-13-11-25(12-14-26)18-7-5-4-6-8-18/h4-10,16H,2-3,11-15H2,1H3,(H,24,27,29). The topological polar surface area (TPSA) is 44.8 Å². The molecular weight excluding hydrogens is 450 g/mol. The zero-order valence-corrected chi connectivity index (χ0v) is 19.0. The number of amides is 1. The molecule has 0 aliphatic carbocycles. The van der Waals surface area contributed by atoms with Gasteiger partial charge in [0.1, 0.15) is 5.75 Å². The number of para-hydroxylation sites is 1. The van der Waals surface area contributed by atoms with Crippen LogP contribution in [0, 0.1) is 0 Å². The Hall–Kier alpha value is -2.12. The van der Waals surface area contributed by atoms with Gasteiger partial charge < -0.3 is 14.5 Å². The molecule has 0 bridgehead atoms. The highest BCUT2D eigenvalue weighted by Crippen LogP contribution is 2.26. The van der Waals surface area contributed by atoms with Gasteiger partial charge in [-0.3, -0.25) is 10.1 Å². The fourth-order valence-corrected chi connectivity index (χ4v) is 3.91. The van der Waals surface area contributed by atoms with Crippen molar-refractivity contribution in [3.63, 3.8) is 0 Å². The number of carbonyl (C=O) groups is 1. The number of hydrogen-bond donors (Lipinski definition) is 1. The van der Waals surface area contributed by atoms with Crippen molar-refractivity contribution in [2.24, 2.45) is 0 Å². The zero-order chi connectivity index (χ0) is 20.6. The summed E-state index contributed by atoms with van der Waals surface area (Å²) in [5, 5.41) is 3.33. The maximum Gasteiger partial charge on any atom is 0.257 e. The molecular formula is C22H26BrN3O2S. The second kappa shape index (κ2) is 10.6. The molecule has 7 heteroatoms. The third-order valence-corrected chi connectivity index (χ3v) is 5.84. The number of carbonyl (C=O) groups excluding carboxylic acids is 1. The molecule has 1 aliphatic rings. The summed E-state index contributed by atoms with van der Waals surface area (Å²) >= 11 is 8.96. The number of rotatable bonds is 6. The monoisotopic (exact) mass is 475 g/mol. The molecule has 0 saturated carbocycles. The molecule has 154 valence electrons. The van der Waals surface area contributed by atoms with Gasteiger partial charge in [-0.25, -0.2) is 0 Å². The van der Waals surface area contributed by atoms with E-state index in [0.717, 1.165) is 49.2 Å². The number of benzene rings is 2. The van der Waals surface area contributed by atoms with E-state index in [1.54, 1.807) is 12.1 Å². The number of halogens is 1. The predicted molar refractivity (Wildman–Crippen MR) is 125 cm³/mol. The van der Waals surface area contributed by atoms with Gasteiger partial charge in [-0.1, -0.05) is 31.5 Å². The number of hydrogen-bond acceptors (Lipinski definition) is 4. The van der Waals surface area contributed by atoms with Gasteiger partial charge in [0.05, 0.1) is 11.1 Å². The minimum atomic E-state index is -0.207. The van der Waals surface area contributed by atoms with Gasteiger partial charge in [-0.2, -0.15) is 0 Å². The largest absolute Gasteiger partial charge is 0.492 e. The molecule has 29 heavy (non-hydrogen) atoms. The average Bonchev–Trinajstić information content (AvgIpc) is 2.75. The minimum Gasteiger partial charge on any atom is -0.492 e. The summed E-state index contributed by atoms with van der Waals surface area (Å²) in [7, 11) is 0.